The molecule has 3 rings (SSSR count). The third-order valence-corrected chi connectivity index (χ3v) is 5.33. The summed E-state index contributed by atoms with van der Waals surface area (Å²) in [5, 5.41) is 10.3. The van der Waals surface area contributed by atoms with Gasteiger partial charge in [0.15, 0.2) is 0 Å². The van der Waals surface area contributed by atoms with Crippen LogP contribution in [0.4, 0.5) is 0 Å². The fourth-order valence-corrected chi connectivity index (χ4v) is 4.17. The lowest BCUT2D eigenvalue weighted by Crippen LogP contribution is -2.12. The van der Waals surface area contributed by atoms with Gasteiger partial charge in [-0.1, -0.05) is 38.1 Å². The van der Waals surface area contributed by atoms with Crippen molar-refractivity contribution < 1.29 is 9.90 Å². The fraction of sp³-hybridized carbons (Fsp3) is 0.412. The number of aromatic nitrogens is 1. The van der Waals surface area contributed by atoms with Crippen molar-refractivity contribution in [2.45, 2.75) is 44.9 Å². The number of aryl methyl sites for hydroxylation is 1. The van der Waals surface area contributed by atoms with E-state index in [1.807, 2.05) is 13.8 Å². The van der Waals surface area contributed by atoms with Gasteiger partial charge in [0.1, 0.15) is 4.88 Å². The zero-order valence-corrected chi connectivity index (χ0v) is 13.1. The van der Waals surface area contributed by atoms with Crippen molar-refractivity contribution in [3.63, 3.8) is 0 Å². The number of benzene rings is 1. The quantitative estimate of drug-likeness (QED) is 0.922. The molecule has 0 amide bonds. The smallest absolute Gasteiger partial charge is 0.347 e. The highest BCUT2D eigenvalue weighted by Crippen LogP contribution is 2.37. The maximum atomic E-state index is 11.4. The molecule has 1 aliphatic carbocycles. The van der Waals surface area contributed by atoms with E-state index in [2.05, 4.69) is 29.2 Å². The summed E-state index contributed by atoms with van der Waals surface area (Å²) < 4.78 is 0. The zero-order chi connectivity index (χ0) is 15.0. The number of nitrogens with zero attached hydrogens (tertiary/aromatic N) is 1. The van der Waals surface area contributed by atoms with Crippen LogP contribution in [0, 0.1) is 0 Å². The molecule has 1 aromatic carbocycles. The molecule has 1 heterocycles. The van der Waals surface area contributed by atoms with Gasteiger partial charge in [0, 0.05) is 5.92 Å². The lowest BCUT2D eigenvalue weighted by Gasteiger charge is -2.22. The Morgan fingerprint density at radius 2 is 2.05 bits per heavy atom. The summed E-state index contributed by atoms with van der Waals surface area (Å²) in [5.41, 5.74) is 3.54. The fourth-order valence-electron chi connectivity index (χ4n) is 2.98. The Bertz CT molecular complexity index is 675. The van der Waals surface area contributed by atoms with E-state index in [0.29, 0.717) is 10.8 Å². The van der Waals surface area contributed by atoms with Gasteiger partial charge >= 0.3 is 5.97 Å². The predicted molar refractivity (Wildman–Crippen MR) is 84.4 cm³/mol. The number of carbonyl (C=O) groups is 1. The van der Waals surface area contributed by atoms with Crippen molar-refractivity contribution >= 4 is 17.3 Å². The number of aromatic carboxylic acids is 1. The van der Waals surface area contributed by atoms with Gasteiger partial charge in [-0.05, 0) is 36.3 Å². The van der Waals surface area contributed by atoms with Crippen LogP contribution in [0.1, 0.15) is 63.6 Å². The van der Waals surface area contributed by atoms with Gasteiger partial charge in [0.05, 0.1) is 10.7 Å². The summed E-state index contributed by atoms with van der Waals surface area (Å²) in [5.74, 6) is -0.342. The third-order valence-electron chi connectivity index (χ3n) is 4.11. The lowest BCUT2D eigenvalue weighted by atomic mass is 9.84. The molecule has 0 bridgehead atoms. The van der Waals surface area contributed by atoms with E-state index in [1.165, 1.54) is 22.5 Å². The van der Waals surface area contributed by atoms with E-state index in [0.717, 1.165) is 30.0 Å². The molecule has 1 aromatic heterocycles. The SMILES string of the molecule is CC(C)c1nc(C2CCc3ccccc3C2)sc1C(=O)O. The van der Waals surface area contributed by atoms with Crippen LogP contribution in [0.2, 0.25) is 0 Å². The maximum absolute atomic E-state index is 11.4. The van der Waals surface area contributed by atoms with E-state index in [-0.39, 0.29) is 5.92 Å². The van der Waals surface area contributed by atoms with Crippen molar-refractivity contribution in [2.75, 3.05) is 0 Å². The van der Waals surface area contributed by atoms with Crippen molar-refractivity contribution in [2.24, 2.45) is 0 Å². The first-order valence-electron chi connectivity index (χ1n) is 7.37. The second-order valence-corrected chi connectivity index (χ2v) is 6.97. The van der Waals surface area contributed by atoms with Gasteiger partial charge in [-0.15, -0.1) is 11.3 Å². The Morgan fingerprint density at radius 1 is 1.33 bits per heavy atom. The van der Waals surface area contributed by atoms with E-state index in [1.54, 1.807) is 0 Å². The van der Waals surface area contributed by atoms with Crippen LogP contribution < -0.4 is 0 Å². The largest absolute Gasteiger partial charge is 0.477 e. The topological polar surface area (TPSA) is 50.2 Å². The summed E-state index contributed by atoms with van der Waals surface area (Å²) >= 11 is 1.37. The first-order chi connectivity index (χ1) is 10.1. The van der Waals surface area contributed by atoms with Crippen LogP contribution in [0.5, 0.6) is 0 Å². The van der Waals surface area contributed by atoms with Gasteiger partial charge in [0.25, 0.3) is 0 Å². The Labute approximate surface area is 128 Å². The predicted octanol–water partition coefficient (Wildman–Crippen LogP) is 4.24. The molecule has 4 heteroatoms. The summed E-state index contributed by atoms with van der Waals surface area (Å²) in [6.45, 7) is 4.00. The van der Waals surface area contributed by atoms with Crippen molar-refractivity contribution in [1.29, 1.82) is 0 Å². The molecule has 1 unspecified atom stereocenters. The molecule has 3 nitrogen and oxygen atoms in total. The second kappa shape index (κ2) is 5.60. The van der Waals surface area contributed by atoms with Gasteiger partial charge in [-0.25, -0.2) is 9.78 Å². The number of thiazole rings is 1. The number of rotatable bonds is 3. The van der Waals surface area contributed by atoms with Crippen LogP contribution in [0.3, 0.4) is 0 Å². The molecule has 0 saturated heterocycles. The molecule has 1 N–H and O–H groups in total. The Hall–Kier alpha value is -1.68. The van der Waals surface area contributed by atoms with Gasteiger partial charge in [0.2, 0.25) is 0 Å². The Morgan fingerprint density at radius 3 is 2.67 bits per heavy atom. The molecule has 0 saturated carbocycles. The number of fused-ring (bicyclic) bond motifs is 1. The van der Waals surface area contributed by atoms with E-state index >= 15 is 0 Å². The summed E-state index contributed by atoms with van der Waals surface area (Å²) in [4.78, 5) is 16.5. The first kappa shape index (κ1) is 14.3. The van der Waals surface area contributed by atoms with Crippen LogP contribution in [0.25, 0.3) is 0 Å². The molecule has 1 atom stereocenters. The second-order valence-electron chi connectivity index (χ2n) is 5.93. The Balaban J connectivity index is 1.92. The van der Waals surface area contributed by atoms with Crippen LogP contribution in [0.15, 0.2) is 24.3 Å². The minimum absolute atomic E-state index is 0.150. The van der Waals surface area contributed by atoms with Crippen molar-refractivity contribution in [3.05, 3.63) is 51.0 Å². The normalized spacial score (nSPS) is 17.8. The lowest BCUT2D eigenvalue weighted by molar-refractivity contribution is 0.0700. The average molecular weight is 301 g/mol. The molecular weight excluding hydrogens is 282 g/mol. The third kappa shape index (κ3) is 2.72. The van der Waals surface area contributed by atoms with Gasteiger partial charge in [-0.2, -0.15) is 0 Å². The Kier molecular flexibility index (Phi) is 3.81. The van der Waals surface area contributed by atoms with E-state index in [4.69, 9.17) is 0 Å². The molecule has 110 valence electrons. The van der Waals surface area contributed by atoms with E-state index in [9.17, 15) is 9.90 Å². The van der Waals surface area contributed by atoms with Gasteiger partial charge in [-0.3, -0.25) is 0 Å². The highest BCUT2D eigenvalue weighted by atomic mass is 32.1. The summed E-state index contributed by atoms with van der Waals surface area (Å²) in [7, 11) is 0. The summed E-state index contributed by atoms with van der Waals surface area (Å²) in [6.07, 6.45) is 3.08. The molecule has 1 aliphatic rings. The van der Waals surface area contributed by atoms with Gasteiger partial charge < -0.3 is 5.11 Å². The molecular formula is C17H19NO2S. The molecule has 0 aliphatic heterocycles. The molecule has 0 spiro atoms. The first-order valence-corrected chi connectivity index (χ1v) is 8.18. The number of hydrogen-bond donors (Lipinski definition) is 1. The molecule has 2 aromatic rings. The number of carboxylic acid groups (broad SMARTS) is 1. The van der Waals surface area contributed by atoms with Crippen LogP contribution >= 0.6 is 11.3 Å². The highest BCUT2D eigenvalue weighted by Gasteiger charge is 2.26. The zero-order valence-electron chi connectivity index (χ0n) is 12.3. The van der Waals surface area contributed by atoms with Crippen molar-refractivity contribution in [1.82, 2.24) is 4.98 Å². The van der Waals surface area contributed by atoms with Crippen LogP contribution in [-0.4, -0.2) is 16.1 Å². The molecule has 0 radical (unpaired) electrons. The average Bonchev–Trinajstić information content (AvgIpc) is 2.92. The summed E-state index contributed by atoms with van der Waals surface area (Å²) in [6, 6.07) is 8.53. The van der Waals surface area contributed by atoms with E-state index < -0.39 is 5.97 Å². The van der Waals surface area contributed by atoms with Crippen LogP contribution in [-0.2, 0) is 12.8 Å². The maximum Gasteiger partial charge on any atom is 0.347 e. The monoisotopic (exact) mass is 301 g/mol. The highest BCUT2D eigenvalue weighted by molar-refractivity contribution is 7.13. The minimum Gasteiger partial charge on any atom is -0.477 e. The van der Waals surface area contributed by atoms with Crippen molar-refractivity contribution in [3.8, 4) is 0 Å². The minimum atomic E-state index is -0.848. The molecule has 21 heavy (non-hydrogen) atoms. The number of hydrogen-bond acceptors (Lipinski definition) is 3. The standard InChI is InChI=1S/C17H19NO2S/c1-10(2)14-15(17(19)20)21-16(18-14)13-8-7-11-5-3-4-6-12(11)9-13/h3-6,10,13H,7-9H2,1-2H3,(H,19,20). The molecule has 0 fully saturated rings. The number of carboxylic acids is 1.